The van der Waals surface area contributed by atoms with Crippen LogP contribution in [0.3, 0.4) is 0 Å². The molecule has 6 rings (SSSR count). The molecule has 0 bridgehead atoms. The summed E-state index contributed by atoms with van der Waals surface area (Å²) in [7, 11) is 0. The highest BCUT2D eigenvalue weighted by Crippen LogP contribution is 2.35. The molecular weight excluding hydrogens is 561 g/mol. The molecule has 3 aromatic carbocycles. The van der Waals surface area contributed by atoms with Crippen LogP contribution < -0.4 is 15.2 Å². The summed E-state index contributed by atoms with van der Waals surface area (Å²) in [5, 5.41) is 4.88. The van der Waals surface area contributed by atoms with Crippen molar-refractivity contribution in [2.75, 3.05) is 12.3 Å². The minimum absolute atomic E-state index is 0.0973. The fourth-order valence-corrected chi connectivity index (χ4v) is 4.63. The Bertz CT molecular complexity index is 1960. The van der Waals surface area contributed by atoms with Crippen LogP contribution in [0.2, 0.25) is 0 Å². The number of benzene rings is 3. The number of H-pyrrole nitrogens is 1. The van der Waals surface area contributed by atoms with E-state index in [1.54, 1.807) is 55.5 Å². The Labute approximate surface area is 242 Å². The number of ketones is 1. The van der Waals surface area contributed by atoms with Crippen molar-refractivity contribution in [3.05, 3.63) is 108 Å². The number of halogens is 3. The number of fused-ring (bicyclic) bond motifs is 1. The lowest BCUT2D eigenvalue weighted by atomic mass is 10.1. The number of aryl methyl sites for hydroxylation is 1. The molecule has 0 saturated heterocycles. The Morgan fingerprint density at radius 3 is 2.53 bits per heavy atom. The van der Waals surface area contributed by atoms with Crippen LogP contribution in [-0.2, 0) is 0 Å². The number of para-hydroxylation sites is 1. The van der Waals surface area contributed by atoms with Gasteiger partial charge in [-0.15, -0.1) is 0 Å². The second kappa shape index (κ2) is 11.3. The maximum atomic E-state index is 14.0. The van der Waals surface area contributed by atoms with Crippen molar-refractivity contribution < 1.29 is 27.4 Å². The van der Waals surface area contributed by atoms with Gasteiger partial charge >= 0.3 is 0 Å². The smallest absolute Gasteiger partial charge is 0.272 e. The average Bonchev–Trinajstić information content (AvgIpc) is 3.60. The quantitative estimate of drug-likeness (QED) is 0.186. The largest absolute Gasteiger partial charge is 0.487 e. The third-order valence-corrected chi connectivity index (χ3v) is 6.71. The van der Waals surface area contributed by atoms with E-state index in [9.17, 15) is 18.0 Å². The maximum absolute atomic E-state index is 14.0. The molecule has 0 aliphatic rings. The first-order chi connectivity index (χ1) is 20.8. The van der Waals surface area contributed by atoms with Crippen LogP contribution in [0.5, 0.6) is 17.2 Å². The summed E-state index contributed by atoms with van der Waals surface area (Å²) in [6.07, 6.45) is 3.12. The number of aromatic nitrogens is 5. The number of rotatable bonds is 9. The molecule has 0 aliphatic heterocycles. The number of carbonyl (C=O) groups is 1. The molecule has 3 N–H and O–H groups in total. The van der Waals surface area contributed by atoms with E-state index in [4.69, 9.17) is 15.2 Å². The number of anilines is 1. The summed E-state index contributed by atoms with van der Waals surface area (Å²) >= 11 is 0. The van der Waals surface area contributed by atoms with Crippen molar-refractivity contribution in [3.63, 3.8) is 0 Å². The summed E-state index contributed by atoms with van der Waals surface area (Å²) in [6, 6.07) is 16.1. The summed E-state index contributed by atoms with van der Waals surface area (Å²) in [6.45, 7) is 0.999. The van der Waals surface area contributed by atoms with Crippen LogP contribution in [0, 0.1) is 12.7 Å². The average molecular weight is 585 g/mol. The van der Waals surface area contributed by atoms with Crippen LogP contribution >= 0.6 is 0 Å². The highest BCUT2D eigenvalue weighted by Gasteiger charge is 2.21. The molecule has 0 radical (unpaired) electrons. The van der Waals surface area contributed by atoms with Gasteiger partial charge < -0.3 is 20.2 Å². The second-order valence-corrected chi connectivity index (χ2v) is 9.61. The SMILES string of the molecule is Cc1cc(-n2ncc(C(=O)c3cc4cc(OCC(F)F)c(-c5cncnc5)cc4[nH]3)c2N)ccc1Oc1ccccc1F. The van der Waals surface area contributed by atoms with Crippen molar-refractivity contribution in [3.8, 4) is 34.1 Å². The molecule has 0 fully saturated rings. The first-order valence-electron chi connectivity index (χ1n) is 13.0. The van der Waals surface area contributed by atoms with Gasteiger partial charge in [-0.25, -0.2) is 27.8 Å². The highest BCUT2D eigenvalue weighted by atomic mass is 19.3. The zero-order valence-electron chi connectivity index (χ0n) is 22.6. The van der Waals surface area contributed by atoms with E-state index >= 15 is 0 Å². The lowest BCUT2D eigenvalue weighted by molar-refractivity contribution is 0.0822. The second-order valence-electron chi connectivity index (χ2n) is 9.61. The molecule has 9 nitrogen and oxygen atoms in total. The third kappa shape index (κ3) is 5.49. The molecule has 216 valence electrons. The summed E-state index contributed by atoms with van der Waals surface area (Å²) in [4.78, 5) is 24.6. The molecule has 0 spiro atoms. The van der Waals surface area contributed by atoms with E-state index in [0.29, 0.717) is 39.0 Å². The number of nitrogens with two attached hydrogens (primary N) is 1. The monoisotopic (exact) mass is 584 g/mol. The number of nitrogen functional groups attached to an aromatic ring is 1. The van der Waals surface area contributed by atoms with Gasteiger partial charge in [-0.1, -0.05) is 12.1 Å². The fourth-order valence-electron chi connectivity index (χ4n) is 4.63. The molecule has 0 atom stereocenters. The van der Waals surface area contributed by atoms with E-state index < -0.39 is 24.6 Å². The highest BCUT2D eigenvalue weighted by molar-refractivity contribution is 6.12. The normalized spacial score (nSPS) is 11.3. The minimum atomic E-state index is -2.67. The molecule has 43 heavy (non-hydrogen) atoms. The van der Waals surface area contributed by atoms with E-state index in [0.717, 1.165) is 0 Å². The Kier molecular flexibility index (Phi) is 7.24. The van der Waals surface area contributed by atoms with Crippen LogP contribution in [-0.4, -0.2) is 43.5 Å². The van der Waals surface area contributed by atoms with Crippen LogP contribution in [0.1, 0.15) is 21.6 Å². The van der Waals surface area contributed by atoms with Gasteiger partial charge in [0.15, 0.2) is 11.6 Å². The Morgan fingerprint density at radius 2 is 1.79 bits per heavy atom. The number of nitrogens with one attached hydrogen (secondary N) is 1. The van der Waals surface area contributed by atoms with Gasteiger partial charge in [-0.3, -0.25) is 4.79 Å². The fraction of sp³-hybridized carbons (Fsp3) is 0.0968. The number of nitrogens with zero attached hydrogens (tertiary/aromatic N) is 4. The predicted octanol–water partition coefficient (Wildman–Crippen LogP) is 6.51. The number of carbonyl (C=O) groups excluding carboxylic acids is 1. The van der Waals surface area contributed by atoms with E-state index in [1.807, 2.05) is 0 Å². The Hall–Kier alpha value is -5.65. The Morgan fingerprint density at radius 1 is 1.00 bits per heavy atom. The van der Waals surface area contributed by atoms with E-state index in [-0.39, 0.29) is 28.6 Å². The van der Waals surface area contributed by atoms with E-state index in [2.05, 4.69) is 20.1 Å². The molecule has 0 amide bonds. The standard InChI is InChI=1S/C31H23F3N6O3/c1-17-8-20(6-7-26(17)43-27-5-3-2-4-23(27)32)40-31(35)22(14-38-40)30(41)25-9-18-10-28(42-15-29(33)34)21(11-24(18)39-25)19-12-36-16-37-13-19/h2-14,16,29,39H,15,35H2,1H3. The summed E-state index contributed by atoms with van der Waals surface area (Å²) < 4.78 is 52.4. The van der Waals surface area contributed by atoms with Crippen LogP contribution in [0.15, 0.2) is 85.6 Å². The van der Waals surface area contributed by atoms with Crippen LogP contribution in [0.4, 0.5) is 19.0 Å². The van der Waals surface area contributed by atoms with Crippen molar-refractivity contribution in [1.82, 2.24) is 24.7 Å². The van der Waals surface area contributed by atoms with Crippen LogP contribution in [0.25, 0.3) is 27.7 Å². The number of hydrogen-bond acceptors (Lipinski definition) is 7. The van der Waals surface area contributed by atoms with Gasteiger partial charge in [-0.2, -0.15) is 5.10 Å². The lowest BCUT2D eigenvalue weighted by Crippen LogP contribution is -2.07. The molecule has 12 heteroatoms. The van der Waals surface area contributed by atoms with Gasteiger partial charge in [0, 0.05) is 34.4 Å². The first kappa shape index (κ1) is 27.5. The molecule has 0 saturated carbocycles. The lowest BCUT2D eigenvalue weighted by Gasteiger charge is -2.12. The minimum Gasteiger partial charge on any atom is -0.487 e. The Balaban J connectivity index is 1.30. The summed E-state index contributed by atoms with van der Waals surface area (Å²) in [5.74, 6) is -0.0486. The molecule has 0 aliphatic carbocycles. The van der Waals surface area contributed by atoms with Gasteiger partial charge in [0.2, 0.25) is 5.78 Å². The molecule has 3 heterocycles. The molecule has 0 unspecified atom stereocenters. The number of ether oxygens (including phenoxy) is 2. The molecular formula is C31H23F3N6O3. The van der Waals surface area contributed by atoms with Gasteiger partial charge in [0.05, 0.1) is 23.1 Å². The van der Waals surface area contributed by atoms with Crippen molar-refractivity contribution in [1.29, 1.82) is 0 Å². The topological polar surface area (TPSA) is 121 Å². The van der Waals surface area contributed by atoms with Gasteiger partial charge in [0.25, 0.3) is 6.43 Å². The molecule has 3 aromatic heterocycles. The summed E-state index contributed by atoms with van der Waals surface area (Å²) in [5.41, 5.74) is 9.62. The number of alkyl halides is 2. The maximum Gasteiger partial charge on any atom is 0.272 e. The van der Waals surface area contributed by atoms with E-state index in [1.165, 1.54) is 41.7 Å². The number of hydrogen-bond donors (Lipinski definition) is 2. The van der Waals surface area contributed by atoms with Crippen molar-refractivity contribution in [2.24, 2.45) is 0 Å². The molecule has 6 aromatic rings. The first-order valence-corrected chi connectivity index (χ1v) is 13.0. The number of aromatic amines is 1. The van der Waals surface area contributed by atoms with Crippen molar-refractivity contribution in [2.45, 2.75) is 13.3 Å². The van der Waals surface area contributed by atoms with Crippen molar-refractivity contribution >= 4 is 22.5 Å². The zero-order chi connectivity index (χ0) is 30.1. The van der Waals surface area contributed by atoms with Gasteiger partial charge in [-0.05, 0) is 61.0 Å². The zero-order valence-corrected chi connectivity index (χ0v) is 22.6. The predicted molar refractivity (Wildman–Crippen MR) is 153 cm³/mol. The third-order valence-electron chi connectivity index (χ3n) is 6.71. The van der Waals surface area contributed by atoms with Gasteiger partial charge in [0.1, 0.15) is 30.3 Å².